The minimum atomic E-state index is -0.726. The lowest BCUT2D eigenvalue weighted by atomic mass is 9.92. The van der Waals surface area contributed by atoms with E-state index in [0.29, 0.717) is 17.0 Å². The molecule has 13 nitrogen and oxygen atoms in total. The molecule has 1 fully saturated rings. The van der Waals surface area contributed by atoms with Gasteiger partial charge in [0.05, 0.1) is 10.5 Å². The van der Waals surface area contributed by atoms with Gasteiger partial charge in [-0.05, 0) is 47.2 Å². The van der Waals surface area contributed by atoms with Crippen molar-refractivity contribution >= 4 is 57.4 Å². The van der Waals surface area contributed by atoms with Crippen LogP contribution in [0, 0.1) is 10.1 Å². The van der Waals surface area contributed by atoms with Crippen LogP contribution >= 0.6 is 23.4 Å². The van der Waals surface area contributed by atoms with Crippen molar-refractivity contribution in [3.63, 3.8) is 0 Å². The summed E-state index contributed by atoms with van der Waals surface area (Å²) in [6.07, 6.45) is 0. The van der Waals surface area contributed by atoms with Gasteiger partial charge in [0.1, 0.15) is 15.9 Å². The van der Waals surface area contributed by atoms with E-state index in [1.54, 1.807) is 12.1 Å². The number of benzene rings is 2. The molecule has 5 heterocycles. The number of nitro benzene ring substituents is 1. The van der Waals surface area contributed by atoms with Crippen LogP contribution in [0.25, 0.3) is 5.57 Å². The standard InChI is InChI=1S/C31H32ClN9O4S/c1-37(2)30-33-26(32)24-23(19-6-8-20(9-7-19)41(42)43)25-27(34-31(38(3)4)36-29(25)46-28(24)35-30)40-13-11-39(12-14-40)16-18-5-10-21-22(15-18)45-17-44-21/h5-10,15,26H,11-14,16-17H2,1-4H3. The molecule has 1 atom stereocenters. The average Bonchev–Trinajstić information content (AvgIpc) is 3.51. The number of aromatic nitrogens is 2. The zero-order valence-electron chi connectivity index (χ0n) is 25.8. The van der Waals surface area contributed by atoms with Crippen LogP contribution in [0.15, 0.2) is 63.0 Å². The summed E-state index contributed by atoms with van der Waals surface area (Å²) in [4.78, 5) is 39.1. The van der Waals surface area contributed by atoms with Crippen LogP contribution in [0.3, 0.4) is 0 Å². The Morgan fingerprint density at radius 2 is 1.74 bits per heavy atom. The average molecular weight is 662 g/mol. The molecule has 0 amide bonds. The zero-order chi connectivity index (χ0) is 32.1. The van der Waals surface area contributed by atoms with E-state index in [0.717, 1.165) is 77.3 Å². The number of nitrogens with zero attached hydrogens (tertiary/aromatic N) is 9. The largest absolute Gasteiger partial charge is 0.454 e. The molecule has 0 bridgehead atoms. The highest BCUT2D eigenvalue weighted by molar-refractivity contribution is 8.14. The number of guanidine groups is 1. The first-order chi connectivity index (χ1) is 22.2. The summed E-state index contributed by atoms with van der Waals surface area (Å²) in [5.74, 6) is 3.45. The molecule has 0 saturated carbocycles. The second-order valence-corrected chi connectivity index (χ2v) is 13.0. The summed E-state index contributed by atoms with van der Waals surface area (Å²) in [6, 6.07) is 12.6. The van der Waals surface area contributed by atoms with Crippen molar-refractivity contribution < 1.29 is 14.4 Å². The zero-order valence-corrected chi connectivity index (χ0v) is 27.4. The number of alkyl halides is 1. The highest BCUT2D eigenvalue weighted by Gasteiger charge is 2.38. The van der Waals surface area contributed by atoms with Gasteiger partial charge in [-0.2, -0.15) is 4.98 Å². The number of rotatable bonds is 6. The number of anilines is 2. The molecule has 3 aromatic rings. The molecule has 0 spiro atoms. The molecule has 1 aromatic heterocycles. The first-order valence-corrected chi connectivity index (χ1v) is 16.0. The Morgan fingerprint density at radius 1 is 1.00 bits per heavy atom. The fourth-order valence-electron chi connectivity index (χ4n) is 5.80. The predicted octanol–water partition coefficient (Wildman–Crippen LogP) is 4.30. The number of ether oxygens (including phenoxy) is 2. The maximum Gasteiger partial charge on any atom is 0.269 e. The third-order valence-electron chi connectivity index (χ3n) is 8.14. The molecule has 0 N–H and O–H groups in total. The summed E-state index contributed by atoms with van der Waals surface area (Å²) in [7, 11) is 7.59. The first kappa shape index (κ1) is 30.3. The number of hydrogen-bond donors (Lipinski definition) is 0. The molecule has 0 radical (unpaired) electrons. The Labute approximate surface area is 275 Å². The van der Waals surface area contributed by atoms with Gasteiger partial charge in [-0.15, -0.1) is 0 Å². The highest BCUT2D eigenvalue weighted by atomic mass is 35.5. The van der Waals surface area contributed by atoms with Crippen LogP contribution in [0.4, 0.5) is 17.5 Å². The lowest BCUT2D eigenvalue weighted by molar-refractivity contribution is -0.384. The molecule has 1 unspecified atom stereocenters. The summed E-state index contributed by atoms with van der Waals surface area (Å²) in [6.45, 7) is 4.17. The molecule has 15 heteroatoms. The third-order valence-corrected chi connectivity index (χ3v) is 9.45. The Balaban J connectivity index is 1.28. The molecule has 0 aliphatic carbocycles. The summed E-state index contributed by atoms with van der Waals surface area (Å²) >= 11 is 8.46. The maximum atomic E-state index is 11.5. The number of aliphatic imine (C=N–C) groups is 2. The van der Waals surface area contributed by atoms with Crippen LogP contribution in [-0.2, 0) is 6.54 Å². The van der Waals surface area contributed by atoms with Crippen molar-refractivity contribution in [1.82, 2.24) is 19.8 Å². The molecule has 4 aliphatic heterocycles. The van der Waals surface area contributed by atoms with Crippen molar-refractivity contribution in [1.29, 1.82) is 0 Å². The van der Waals surface area contributed by atoms with E-state index in [4.69, 9.17) is 36.0 Å². The lowest BCUT2D eigenvalue weighted by Gasteiger charge is -2.38. The van der Waals surface area contributed by atoms with Gasteiger partial charge in [0.15, 0.2) is 17.0 Å². The Kier molecular flexibility index (Phi) is 7.95. The van der Waals surface area contributed by atoms with E-state index < -0.39 is 10.4 Å². The van der Waals surface area contributed by atoms with Crippen LogP contribution in [0.1, 0.15) is 16.7 Å². The molecule has 2 aromatic carbocycles. The normalized spacial score (nSPS) is 18.9. The predicted molar refractivity (Wildman–Crippen MR) is 180 cm³/mol. The molecular weight excluding hydrogens is 630 g/mol. The van der Waals surface area contributed by atoms with Crippen molar-refractivity contribution in [3.8, 4) is 11.5 Å². The second-order valence-electron chi connectivity index (χ2n) is 11.6. The topological polar surface area (TPSA) is 125 Å². The van der Waals surface area contributed by atoms with Crippen molar-refractivity contribution in [2.45, 2.75) is 17.1 Å². The minimum Gasteiger partial charge on any atom is -0.454 e. The second kappa shape index (κ2) is 12.1. The number of thioether (sulfide) groups is 1. The highest BCUT2D eigenvalue weighted by Crippen LogP contribution is 2.48. The van der Waals surface area contributed by atoms with E-state index in [1.807, 2.05) is 44.1 Å². The molecule has 238 valence electrons. The third kappa shape index (κ3) is 5.60. The smallest absolute Gasteiger partial charge is 0.269 e. The van der Waals surface area contributed by atoms with Crippen molar-refractivity contribution in [2.75, 3.05) is 71.0 Å². The van der Waals surface area contributed by atoms with Gasteiger partial charge in [0.25, 0.3) is 5.69 Å². The summed E-state index contributed by atoms with van der Waals surface area (Å²) < 4.78 is 11.1. The van der Waals surface area contributed by atoms with E-state index in [1.165, 1.54) is 29.5 Å². The van der Waals surface area contributed by atoms with Gasteiger partial charge < -0.3 is 24.2 Å². The van der Waals surface area contributed by atoms with Crippen molar-refractivity contribution in [3.05, 3.63) is 74.8 Å². The molecule has 1 saturated heterocycles. The quantitative estimate of drug-likeness (QED) is 0.123. The number of fused-ring (bicyclic) bond motifs is 3. The van der Waals surface area contributed by atoms with Gasteiger partial charge in [-0.3, -0.25) is 15.0 Å². The van der Waals surface area contributed by atoms with E-state index in [-0.39, 0.29) is 12.5 Å². The van der Waals surface area contributed by atoms with E-state index >= 15 is 0 Å². The van der Waals surface area contributed by atoms with Gasteiger partial charge in [-0.25, -0.2) is 15.0 Å². The number of hydrogen-bond acceptors (Lipinski definition) is 13. The monoisotopic (exact) mass is 661 g/mol. The molecule has 4 aliphatic rings. The minimum absolute atomic E-state index is 0.00522. The number of halogens is 1. The van der Waals surface area contributed by atoms with Crippen LogP contribution in [0.2, 0.25) is 0 Å². The first-order valence-electron chi connectivity index (χ1n) is 14.8. The lowest BCUT2D eigenvalue weighted by Crippen LogP contribution is -2.46. The Morgan fingerprint density at radius 3 is 2.43 bits per heavy atom. The summed E-state index contributed by atoms with van der Waals surface area (Å²) in [5.41, 5.74) is 3.56. The van der Waals surface area contributed by atoms with Gasteiger partial charge >= 0.3 is 0 Å². The number of nitro groups is 1. The van der Waals surface area contributed by atoms with Gasteiger partial charge in [0.2, 0.25) is 18.7 Å². The molecular formula is C31H32ClN9O4S. The fraction of sp³-hybridized carbons (Fsp3) is 0.355. The fourth-order valence-corrected chi connectivity index (χ4v) is 7.22. The van der Waals surface area contributed by atoms with Crippen LogP contribution in [0.5, 0.6) is 11.5 Å². The van der Waals surface area contributed by atoms with Crippen LogP contribution < -0.4 is 19.3 Å². The Bertz CT molecular complexity index is 1800. The molecule has 7 rings (SSSR count). The van der Waals surface area contributed by atoms with E-state index in [2.05, 4.69) is 26.9 Å². The SMILES string of the molecule is CN(C)C1=NC(Cl)C2=C(c3ccc([N+](=O)[O-])cc3)c3c(nc(N(C)C)nc3N3CCN(Cc4ccc5c(c4)OCO5)CC3)SC2=N1. The number of non-ortho nitro benzene ring substituents is 1. The molecule has 46 heavy (non-hydrogen) atoms. The van der Waals surface area contributed by atoms with Gasteiger partial charge in [0, 0.05) is 84.2 Å². The number of piperazine rings is 1. The summed E-state index contributed by atoms with van der Waals surface area (Å²) in [5, 5.41) is 12.9. The maximum absolute atomic E-state index is 11.5. The van der Waals surface area contributed by atoms with Crippen LogP contribution in [-0.4, -0.2) is 102 Å². The van der Waals surface area contributed by atoms with Gasteiger partial charge in [-0.1, -0.05) is 17.7 Å². The van der Waals surface area contributed by atoms with E-state index in [9.17, 15) is 10.1 Å². The Hall–Kier alpha value is -4.40. The van der Waals surface area contributed by atoms with Crippen molar-refractivity contribution in [2.24, 2.45) is 9.98 Å².